The molecule has 0 radical (unpaired) electrons. The first-order chi connectivity index (χ1) is 13.6. The molecule has 3 heteroatoms. The summed E-state index contributed by atoms with van der Waals surface area (Å²) in [7, 11) is 0. The number of aryl methyl sites for hydroxylation is 1. The Labute approximate surface area is 167 Å². The van der Waals surface area contributed by atoms with E-state index >= 15 is 0 Å². The summed E-state index contributed by atoms with van der Waals surface area (Å²) in [6.45, 7) is 1.99. The van der Waals surface area contributed by atoms with Crippen LogP contribution in [0, 0.1) is 47.1 Å². The van der Waals surface area contributed by atoms with Crippen LogP contribution in [0.25, 0.3) is 0 Å². The maximum absolute atomic E-state index is 14.2. The molecule has 0 unspecified atom stereocenters. The average Bonchev–Trinajstić information content (AvgIpc) is 2.69. The SMILES string of the molecule is CCCc1cc(F)c(C#C[C@H]2CC[C@H](C3CCC(/C=C/F)CC3)CC2)c(F)c1. The summed E-state index contributed by atoms with van der Waals surface area (Å²) in [6.07, 6.45) is 12.8. The molecule has 1 aromatic rings. The van der Waals surface area contributed by atoms with Gasteiger partial charge in [0.25, 0.3) is 0 Å². The van der Waals surface area contributed by atoms with Gasteiger partial charge in [-0.1, -0.05) is 31.3 Å². The maximum atomic E-state index is 14.2. The van der Waals surface area contributed by atoms with Gasteiger partial charge in [-0.2, -0.15) is 0 Å². The van der Waals surface area contributed by atoms with Crippen molar-refractivity contribution >= 4 is 0 Å². The lowest BCUT2D eigenvalue weighted by Crippen LogP contribution is -2.25. The van der Waals surface area contributed by atoms with Gasteiger partial charge < -0.3 is 0 Å². The van der Waals surface area contributed by atoms with Gasteiger partial charge in [-0.15, -0.1) is 0 Å². The topological polar surface area (TPSA) is 0 Å². The highest BCUT2D eigenvalue weighted by Crippen LogP contribution is 2.41. The minimum atomic E-state index is -0.538. The maximum Gasteiger partial charge on any atom is 0.142 e. The van der Waals surface area contributed by atoms with E-state index < -0.39 is 11.6 Å². The van der Waals surface area contributed by atoms with Gasteiger partial charge in [-0.05, 0) is 93.2 Å². The molecule has 0 heterocycles. The molecule has 0 spiro atoms. The largest absolute Gasteiger partial charge is 0.216 e. The van der Waals surface area contributed by atoms with Gasteiger partial charge >= 0.3 is 0 Å². The van der Waals surface area contributed by atoms with Gasteiger partial charge in [-0.25, -0.2) is 13.2 Å². The molecule has 1 aromatic carbocycles. The zero-order valence-corrected chi connectivity index (χ0v) is 16.8. The van der Waals surface area contributed by atoms with Crippen molar-refractivity contribution in [2.24, 2.45) is 23.7 Å². The molecule has 2 saturated carbocycles. The second kappa shape index (κ2) is 10.2. The first-order valence-electron chi connectivity index (χ1n) is 10.9. The average molecular weight is 389 g/mol. The Hall–Kier alpha value is -1.69. The second-order valence-electron chi connectivity index (χ2n) is 8.56. The standard InChI is InChI=1S/C25H31F3/c1-2-3-20-16-24(27)23(25(28)17-20)13-8-18-4-9-21(10-5-18)22-11-6-19(7-12-22)14-15-26/h14-19,21-22H,2-7,9-12H2,1H3/b15-14+/t18-,19?,21-,22?. The Morgan fingerprint density at radius 2 is 1.50 bits per heavy atom. The highest BCUT2D eigenvalue weighted by atomic mass is 19.1. The fourth-order valence-corrected chi connectivity index (χ4v) is 5.00. The van der Waals surface area contributed by atoms with E-state index in [0.29, 0.717) is 24.2 Å². The van der Waals surface area contributed by atoms with Gasteiger partial charge in [0, 0.05) is 5.92 Å². The Morgan fingerprint density at radius 1 is 0.929 bits per heavy atom. The van der Waals surface area contributed by atoms with Gasteiger partial charge in [0.1, 0.15) is 11.6 Å². The van der Waals surface area contributed by atoms with Crippen LogP contribution in [-0.4, -0.2) is 0 Å². The summed E-state index contributed by atoms with van der Waals surface area (Å²) in [5.41, 5.74) is 0.613. The molecular formula is C25H31F3. The monoisotopic (exact) mass is 388 g/mol. The zero-order chi connectivity index (χ0) is 19.9. The molecule has 0 aliphatic heterocycles. The summed E-state index contributed by atoms with van der Waals surface area (Å²) in [4.78, 5) is 0. The number of halogens is 3. The van der Waals surface area contributed by atoms with E-state index in [1.165, 1.54) is 25.0 Å². The molecule has 3 rings (SSSR count). The van der Waals surface area contributed by atoms with Crippen LogP contribution in [0.15, 0.2) is 24.5 Å². The second-order valence-corrected chi connectivity index (χ2v) is 8.56. The summed E-state index contributed by atoms with van der Waals surface area (Å²) in [5.74, 6) is 6.98. The fraction of sp³-hybridized carbons (Fsp3) is 0.600. The molecule has 0 bridgehead atoms. The molecule has 0 N–H and O–H groups in total. The summed E-state index contributed by atoms with van der Waals surface area (Å²) >= 11 is 0. The van der Waals surface area contributed by atoms with Crippen LogP contribution < -0.4 is 0 Å². The molecule has 0 nitrogen and oxygen atoms in total. The quantitative estimate of drug-likeness (QED) is 0.473. The van der Waals surface area contributed by atoms with E-state index in [1.807, 2.05) is 6.92 Å². The third-order valence-corrected chi connectivity index (χ3v) is 6.64. The summed E-state index contributed by atoms with van der Waals surface area (Å²) < 4.78 is 40.7. The van der Waals surface area contributed by atoms with Crippen molar-refractivity contribution in [1.29, 1.82) is 0 Å². The van der Waals surface area contributed by atoms with Crippen molar-refractivity contribution in [2.75, 3.05) is 0 Å². The van der Waals surface area contributed by atoms with Gasteiger partial charge in [0.2, 0.25) is 0 Å². The molecular weight excluding hydrogens is 357 g/mol. The van der Waals surface area contributed by atoms with E-state index in [0.717, 1.165) is 56.8 Å². The molecule has 152 valence electrons. The van der Waals surface area contributed by atoms with Crippen LogP contribution in [0.4, 0.5) is 13.2 Å². The van der Waals surface area contributed by atoms with Gasteiger partial charge in [0.15, 0.2) is 0 Å². The molecule has 0 saturated heterocycles. The van der Waals surface area contributed by atoms with E-state index in [4.69, 9.17) is 0 Å². The molecule has 2 aliphatic carbocycles. The Morgan fingerprint density at radius 3 is 2.04 bits per heavy atom. The lowest BCUT2D eigenvalue weighted by molar-refractivity contribution is 0.168. The molecule has 28 heavy (non-hydrogen) atoms. The molecule has 0 atom stereocenters. The third-order valence-electron chi connectivity index (χ3n) is 6.64. The molecule has 2 aliphatic rings. The van der Waals surface area contributed by atoms with E-state index in [9.17, 15) is 13.2 Å². The van der Waals surface area contributed by atoms with Crippen LogP contribution in [0.3, 0.4) is 0 Å². The van der Waals surface area contributed by atoms with Crippen molar-refractivity contribution in [3.63, 3.8) is 0 Å². The van der Waals surface area contributed by atoms with E-state index in [2.05, 4.69) is 11.8 Å². The van der Waals surface area contributed by atoms with Crippen LogP contribution in [0.1, 0.15) is 75.8 Å². The number of allylic oxidation sites excluding steroid dienone is 1. The Balaban J connectivity index is 1.53. The van der Waals surface area contributed by atoms with Gasteiger partial charge in [-0.3, -0.25) is 0 Å². The summed E-state index contributed by atoms with van der Waals surface area (Å²) in [6, 6.07) is 2.84. The molecule has 2 fully saturated rings. The van der Waals surface area contributed by atoms with Gasteiger partial charge in [0.05, 0.1) is 11.9 Å². The Bertz CT molecular complexity index is 701. The highest BCUT2D eigenvalue weighted by Gasteiger charge is 2.30. The zero-order valence-electron chi connectivity index (χ0n) is 16.8. The van der Waals surface area contributed by atoms with Crippen molar-refractivity contribution in [2.45, 2.75) is 71.1 Å². The summed E-state index contributed by atoms with van der Waals surface area (Å²) in [5, 5.41) is 0. The van der Waals surface area contributed by atoms with Crippen molar-refractivity contribution in [3.8, 4) is 11.8 Å². The predicted molar refractivity (Wildman–Crippen MR) is 108 cm³/mol. The van der Waals surface area contributed by atoms with Crippen LogP contribution in [0.5, 0.6) is 0 Å². The van der Waals surface area contributed by atoms with Crippen LogP contribution in [-0.2, 0) is 6.42 Å². The van der Waals surface area contributed by atoms with Crippen molar-refractivity contribution in [3.05, 3.63) is 47.3 Å². The number of rotatable bonds is 4. The molecule has 0 aromatic heterocycles. The van der Waals surface area contributed by atoms with Crippen LogP contribution in [0.2, 0.25) is 0 Å². The van der Waals surface area contributed by atoms with Crippen molar-refractivity contribution in [1.82, 2.24) is 0 Å². The number of hydrogen-bond acceptors (Lipinski definition) is 0. The lowest BCUT2D eigenvalue weighted by Gasteiger charge is -2.36. The normalized spacial score (nSPS) is 28.1. The Kier molecular flexibility index (Phi) is 7.65. The van der Waals surface area contributed by atoms with E-state index in [-0.39, 0.29) is 11.5 Å². The predicted octanol–water partition coefficient (Wildman–Crippen LogP) is 7.36. The minimum Gasteiger partial charge on any atom is -0.216 e. The first kappa shape index (κ1) is 21.0. The van der Waals surface area contributed by atoms with Crippen molar-refractivity contribution < 1.29 is 13.2 Å². The fourth-order valence-electron chi connectivity index (χ4n) is 5.00. The minimum absolute atomic E-state index is 0.0822. The van der Waals surface area contributed by atoms with Crippen LogP contribution >= 0.6 is 0 Å². The third kappa shape index (κ3) is 5.43. The number of benzene rings is 1. The lowest BCUT2D eigenvalue weighted by atomic mass is 9.69. The first-order valence-corrected chi connectivity index (χ1v) is 10.9. The van der Waals surface area contributed by atoms with E-state index in [1.54, 1.807) is 6.08 Å². The smallest absolute Gasteiger partial charge is 0.142 e. The molecule has 0 amide bonds. The highest BCUT2D eigenvalue weighted by molar-refractivity contribution is 5.39. The number of hydrogen-bond donors (Lipinski definition) is 0.